The van der Waals surface area contributed by atoms with Gasteiger partial charge < -0.3 is 5.32 Å². The van der Waals surface area contributed by atoms with E-state index in [1.54, 1.807) is 22.6 Å². The zero-order valence-electron chi connectivity index (χ0n) is 14.3. The topological polar surface area (TPSA) is 59.8 Å². The summed E-state index contributed by atoms with van der Waals surface area (Å²) in [6, 6.07) is 16.2. The SMILES string of the molecule is CSc1cccc(CNC(=O)c2cn(Cc3ccccc3C)nn2)c1. The number of carbonyl (C=O) groups excluding carboxylic acids is 1. The molecule has 1 amide bonds. The number of thioether (sulfide) groups is 1. The minimum Gasteiger partial charge on any atom is -0.347 e. The average Bonchev–Trinajstić information content (AvgIpc) is 3.10. The fourth-order valence-electron chi connectivity index (χ4n) is 2.50. The van der Waals surface area contributed by atoms with Crippen LogP contribution in [0.1, 0.15) is 27.2 Å². The van der Waals surface area contributed by atoms with Crippen LogP contribution in [-0.2, 0) is 13.1 Å². The first-order valence-corrected chi connectivity index (χ1v) is 9.24. The number of aromatic nitrogens is 3. The van der Waals surface area contributed by atoms with Crippen LogP contribution in [0.15, 0.2) is 59.6 Å². The summed E-state index contributed by atoms with van der Waals surface area (Å²) >= 11 is 1.68. The Bertz CT molecular complexity index is 875. The Morgan fingerprint density at radius 3 is 2.84 bits per heavy atom. The molecule has 0 fully saturated rings. The molecule has 0 aliphatic rings. The Morgan fingerprint density at radius 2 is 2.04 bits per heavy atom. The van der Waals surface area contributed by atoms with Crippen LogP contribution in [0.4, 0.5) is 0 Å². The third-order valence-corrected chi connectivity index (χ3v) is 4.68. The molecule has 0 spiro atoms. The Hall–Kier alpha value is -2.60. The molecular weight excluding hydrogens is 332 g/mol. The zero-order valence-corrected chi connectivity index (χ0v) is 15.1. The number of nitrogens with zero attached hydrogens (tertiary/aromatic N) is 3. The van der Waals surface area contributed by atoms with Gasteiger partial charge in [-0.05, 0) is 42.0 Å². The van der Waals surface area contributed by atoms with Crippen molar-refractivity contribution in [2.75, 3.05) is 6.26 Å². The molecule has 5 nitrogen and oxygen atoms in total. The molecule has 0 saturated heterocycles. The highest BCUT2D eigenvalue weighted by molar-refractivity contribution is 7.98. The second-order valence-corrected chi connectivity index (χ2v) is 6.64. The maximum Gasteiger partial charge on any atom is 0.273 e. The van der Waals surface area contributed by atoms with Gasteiger partial charge >= 0.3 is 0 Å². The van der Waals surface area contributed by atoms with Crippen molar-refractivity contribution >= 4 is 17.7 Å². The second kappa shape index (κ2) is 7.98. The van der Waals surface area contributed by atoms with Crippen molar-refractivity contribution in [2.45, 2.75) is 24.9 Å². The molecule has 25 heavy (non-hydrogen) atoms. The highest BCUT2D eigenvalue weighted by atomic mass is 32.2. The molecule has 0 atom stereocenters. The quantitative estimate of drug-likeness (QED) is 0.692. The lowest BCUT2D eigenvalue weighted by atomic mass is 10.1. The van der Waals surface area contributed by atoms with Crippen LogP contribution in [0.2, 0.25) is 0 Å². The predicted octanol–water partition coefficient (Wildman–Crippen LogP) is 3.29. The minimum absolute atomic E-state index is 0.217. The van der Waals surface area contributed by atoms with Gasteiger partial charge in [0.15, 0.2) is 5.69 Å². The van der Waals surface area contributed by atoms with E-state index in [4.69, 9.17) is 0 Å². The van der Waals surface area contributed by atoms with E-state index in [2.05, 4.69) is 40.8 Å². The van der Waals surface area contributed by atoms with Gasteiger partial charge in [0, 0.05) is 11.4 Å². The van der Waals surface area contributed by atoms with E-state index in [1.165, 1.54) is 10.5 Å². The molecule has 0 aliphatic carbocycles. The molecule has 0 unspecified atom stereocenters. The van der Waals surface area contributed by atoms with Crippen molar-refractivity contribution < 1.29 is 4.79 Å². The first-order valence-electron chi connectivity index (χ1n) is 8.01. The van der Waals surface area contributed by atoms with Crippen LogP contribution in [0.25, 0.3) is 0 Å². The van der Waals surface area contributed by atoms with Crippen LogP contribution in [0, 0.1) is 6.92 Å². The maximum atomic E-state index is 12.3. The number of benzene rings is 2. The molecule has 3 aromatic rings. The van der Waals surface area contributed by atoms with Gasteiger partial charge in [-0.1, -0.05) is 41.6 Å². The third-order valence-electron chi connectivity index (χ3n) is 3.95. The molecular formula is C19H20N4OS. The molecule has 0 radical (unpaired) electrons. The average molecular weight is 352 g/mol. The molecule has 128 valence electrons. The number of rotatable bonds is 6. The summed E-state index contributed by atoms with van der Waals surface area (Å²) in [5.41, 5.74) is 3.74. The first-order chi connectivity index (χ1) is 12.2. The number of hydrogen-bond donors (Lipinski definition) is 1. The number of carbonyl (C=O) groups is 1. The van der Waals surface area contributed by atoms with E-state index in [1.807, 2.05) is 36.6 Å². The van der Waals surface area contributed by atoms with Crippen molar-refractivity contribution in [3.8, 4) is 0 Å². The van der Waals surface area contributed by atoms with Crippen molar-refractivity contribution in [2.24, 2.45) is 0 Å². The van der Waals surface area contributed by atoms with Crippen LogP contribution in [-0.4, -0.2) is 27.2 Å². The van der Waals surface area contributed by atoms with Crippen LogP contribution >= 0.6 is 11.8 Å². The lowest BCUT2D eigenvalue weighted by molar-refractivity contribution is 0.0946. The molecule has 2 aromatic carbocycles. The number of amides is 1. The van der Waals surface area contributed by atoms with E-state index >= 15 is 0 Å². The van der Waals surface area contributed by atoms with E-state index < -0.39 is 0 Å². The van der Waals surface area contributed by atoms with E-state index in [0.29, 0.717) is 18.8 Å². The first kappa shape index (κ1) is 17.2. The predicted molar refractivity (Wildman–Crippen MR) is 99.7 cm³/mol. The lowest BCUT2D eigenvalue weighted by Crippen LogP contribution is -2.23. The van der Waals surface area contributed by atoms with E-state index in [9.17, 15) is 4.79 Å². The molecule has 0 aliphatic heterocycles. The van der Waals surface area contributed by atoms with Crippen molar-refractivity contribution in [3.63, 3.8) is 0 Å². The second-order valence-electron chi connectivity index (χ2n) is 5.76. The Labute approximate surface area is 151 Å². The fraction of sp³-hybridized carbons (Fsp3) is 0.211. The molecule has 1 heterocycles. The fourth-order valence-corrected chi connectivity index (χ4v) is 2.98. The van der Waals surface area contributed by atoms with Crippen molar-refractivity contribution in [1.29, 1.82) is 0 Å². The number of aryl methyl sites for hydroxylation is 1. The van der Waals surface area contributed by atoms with Gasteiger partial charge in [0.25, 0.3) is 5.91 Å². The van der Waals surface area contributed by atoms with Gasteiger partial charge in [0.2, 0.25) is 0 Å². The Morgan fingerprint density at radius 1 is 1.20 bits per heavy atom. The molecule has 1 N–H and O–H groups in total. The van der Waals surface area contributed by atoms with Gasteiger partial charge in [-0.3, -0.25) is 4.79 Å². The zero-order chi connectivity index (χ0) is 17.6. The summed E-state index contributed by atoms with van der Waals surface area (Å²) in [7, 11) is 0. The smallest absolute Gasteiger partial charge is 0.273 e. The summed E-state index contributed by atoms with van der Waals surface area (Å²) in [4.78, 5) is 13.4. The third kappa shape index (κ3) is 4.48. The largest absolute Gasteiger partial charge is 0.347 e. The monoisotopic (exact) mass is 352 g/mol. The van der Waals surface area contributed by atoms with Gasteiger partial charge in [0.1, 0.15) is 0 Å². The van der Waals surface area contributed by atoms with E-state index in [-0.39, 0.29) is 5.91 Å². The summed E-state index contributed by atoms with van der Waals surface area (Å²) in [5, 5.41) is 10.9. The molecule has 0 bridgehead atoms. The number of nitrogens with one attached hydrogen (secondary N) is 1. The van der Waals surface area contributed by atoms with Gasteiger partial charge in [0.05, 0.1) is 12.7 Å². The summed E-state index contributed by atoms with van der Waals surface area (Å²) in [6.07, 6.45) is 3.71. The van der Waals surface area contributed by atoms with Gasteiger partial charge in [-0.15, -0.1) is 16.9 Å². The normalized spacial score (nSPS) is 10.6. The van der Waals surface area contributed by atoms with Gasteiger partial charge in [-0.2, -0.15) is 0 Å². The maximum absolute atomic E-state index is 12.3. The highest BCUT2D eigenvalue weighted by Gasteiger charge is 2.11. The van der Waals surface area contributed by atoms with Crippen LogP contribution in [0.5, 0.6) is 0 Å². The molecule has 6 heteroatoms. The molecule has 0 saturated carbocycles. The highest BCUT2D eigenvalue weighted by Crippen LogP contribution is 2.15. The van der Waals surface area contributed by atoms with Crippen LogP contribution < -0.4 is 5.32 Å². The summed E-state index contributed by atoms with van der Waals surface area (Å²) in [6.45, 7) is 3.13. The molecule has 3 rings (SSSR count). The molecule has 1 aromatic heterocycles. The van der Waals surface area contributed by atoms with Gasteiger partial charge in [-0.25, -0.2) is 4.68 Å². The van der Waals surface area contributed by atoms with Crippen LogP contribution in [0.3, 0.4) is 0 Å². The summed E-state index contributed by atoms with van der Waals surface area (Å²) in [5.74, 6) is -0.217. The Balaban J connectivity index is 1.61. The van der Waals surface area contributed by atoms with Crippen molar-refractivity contribution in [3.05, 3.63) is 77.1 Å². The van der Waals surface area contributed by atoms with E-state index in [0.717, 1.165) is 11.1 Å². The minimum atomic E-state index is -0.217. The Kier molecular flexibility index (Phi) is 5.50. The lowest BCUT2D eigenvalue weighted by Gasteiger charge is -2.05. The number of hydrogen-bond acceptors (Lipinski definition) is 4. The standard InChI is InChI=1S/C19H20N4OS/c1-14-6-3-4-8-16(14)12-23-13-18(21-22-23)19(24)20-11-15-7-5-9-17(10-15)25-2/h3-10,13H,11-12H2,1-2H3,(H,20,24). The summed E-state index contributed by atoms with van der Waals surface area (Å²) < 4.78 is 1.69. The van der Waals surface area contributed by atoms with Crippen molar-refractivity contribution in [1.82, 2.24) is 20.3 Å².